The van der Waals surface area contributed by atoms with Crippen LogP contribution in [0.5, 0.6) is 5.75 Å². The Hall–Kier alpha value is -3.27. The molecule has 0 fully saturated rings. The van der Waals surface area contributed by atoms with Gasteiger partial charge in [-0.2, -0.15) is 0 Å². The Bertz CT molecular complexity index is 1140. The number of furan rings is 1. The highest BCUT2D eigenvalue weighted by atomic mass is 16.5. The fourth-order valence-corrected chi connectivity index (χ4v) is 3.14. The van der Waals surface area contributed by atoms with E-state index in [0.29, 0.717) is 5.69 Å². The number of para-hydroxylation sites is 1. The predicted molar refractivity (Wildman–Crippen MR) is 108 cm³/mol. The average Bonchev–Trinajstić information content (AvgIpc) is 3.03. The molecule has 27 heavy (non-hydrogen) atoms. The summed E-state index contributed by atoms with van der Waals surface area (Å²) in [5.41, 5.74) is 4.44. The van der Waals surface area contributed by atoms with Crippen LogP contribution in [0.2, 0.25) is 0 Å². The lowest BCUT2D eigenvalue weighted by atomic mass is 10.1. The number of rotatable bonds is 4. The van der Waals surface area contributed by atoms with E-state index in [1.54, 1.807) is 6.92 Å². The van der Waals surface area contributed by atoms with E-state index in [1.807, 2.05) is 74.5 Å². The van der Waals surface area contributed by atoms with Gasteiger partial charge in [0.05, 0.1) is 0 Å². The number of hydrogen-bond donors (Lipinski definition) is 1. The normalized spacial score (nSPS) is 12.3. The standard InChI is InChI=1S/C23H21NO3/c1-14-7-6-10-20(15(14)2)26-16(3)23(25)24-17-11-12-19-18-8-4-5-9-21(18)27-22(19)13-17/h4-13,16H,1-3H3,(H,24,25). The van der Waals surface area contributed by atoms with Crippen LogP contribution in [0.3, 0.4) is 0 Å². The lowest BCUT2D eigenvalue weighted by molar-refractivity contribution is -0.122. The van der Waals surface area contributed by atoms with Crippen molar-refractivity contribution in [2.24, 2.45) is 0 Å². The molecule has 0 radical (unpaired) electrons. The molecule has 0 aliphatic rings. The molecule has 1 unspecified atom stereocenters. The van der Waals surface area contributed by atoms with Crippen LogP contribution in [-0.2, 0) is 4.79 Å². The number of carbonyl (C=O) groups excluding carboxylic acids is 1. The number of nitrogens with one attached hydrogen (secondary N) is 1. The van der Waals surface area contributed by atoms with Gasteiger partial charge < -0.3 is 14.5 Å². The fraction of sp³-hybridized carbons (Fsp3) is 0.174. The minimum Gasteiger partial charge on any atom is -0.481 e. The molecule has 0 aliphatic carbocycles. The summed E-state index contributed by atoms with van der Waals surface area (Å²) in [7, 11) is 0. The van der Waals surface area contributed by atoms with Crippen LogP contribution in [0.1, 0.15) is 18.1 Å². The molecule has 1 heterocycles. The van der Waals surface area contributed by atoms with E-state index in [4.69, 9.17) is 9.15 Å². The molecular weight excluding hydrogens is 338 g/mol. The van der Waals surface area contributed by atoms with Crippen molar-refractivity contribution in [3.63, 3.8) is 0 Å². The number of carbonyl (C=O) groups is 1. The molecule has 1 amide bonds. The van der Waals surface area contributed by atoms with Gasteiger partial charge >= 0.3 is 0 Å². The number of fused-ring (bicyclic) bond motifs is 3. The van der Waals surface area contributed by atoms with Gasteiger partial charge in [-0.15, -0.1) is 0 Å². The Morgan fingerprint density at radius 2 is 1.74 bits per heavy atom. The van der Waals surface area contributed by atoms with E-state index < -0.39 is 6.10 Å². The third-order valence-corrected chi connectivity index (χ3v) is 4.87. The second-order valence-corrected chi connectivity index (χ2v) is 6.76. The molecule has 0 spiro atoms. The Kier molecular flexibility index (Phi) is 4.32. The van der Waals surface area contributed by atoms with Gasteiger partial charge in [-0.05, 0) is 56.2 Å². The number of anilines is 1. The van der Waals surface area contributed by atoms with Gasteiger partial charge in [0.2, 0.25) is 0 Å². The zero-order valence-electron chi connectivity index (χ0n) is 15.6. The minimum atomic E-state index is -0.614. The maximum absolute atomic E-state index is 12.6. The monoisotopic (exact) mass is 359 g/mol. The molecule has 1 aromatic heterocycles. The number of hydrogen-bond acceptors (Lipinski definition) is 3. The molecule has 4 heteroatoms. The SMILES string of the molecule is Cc1cccc(OC(C)C(=O)Nc2ccc3c(c2)oc2ccccc23)c1C. The van der Waals surface area contributed by atoms with E-state index in [9.17, 15) is 4.79 Å². The fourth-order valence-electron chi connectivity index (χ4n) is 3.14. The van der Waals surface area contributed by atoms with E-state index in [1.165, 1.54) is 0 Å². The zero-order chi connectivity index (χ0) is 19.0. The van der Waals surface area contributed by atoms with Gasteiger partial charge in [-0.25, -0.2) is 0 Å². The van der Waals surface area contributed by atoms with Gasteiger partial charge in [0, 0.05) is 22.5 Å². The highest BCUT2D eigenvalue weighted by Gasteiger charge is 2.17. The Morgan fingerprint density at radius 1 is 0.963 bits per heavy atom. The highest BCUT2D eigenvalue weighted by Crippen LogP contribution is 2.30. The quantitative estimate of drug-likeness (QED) is 0.515. The first-order valence-electron chi connectivity index (χ1n) is 8.98. The average molecular weight is 359 g/mol. The number of amides is 1. The summed E-state index contributed by atoms with van der Waals surface area (Å²) in [6.07, 6.45) is -0.614. The summed E-state index contributed by atoms with van der Waals surface area (Å²) in [5, 5.41) is 5.01. The van der Waals surface area contributed by atoms with Crippen LogP contribution >= 0.6 is 0 Å². The maximum Gasteiger partial charge on any atom is 0.265 e. The number of benzene rings is 3. The smallest absolute Gasteiger partial charge is 0.265 e. The van der Waals surface area contributed by atoms with Crippen molar-refractivity contribution < 1.29 is 13.9 Å². The molecule has 1 N–H and O–H groups in total. The zero-order valence-corrected chi connectivity index (χ0v) is 15.6. The van der Waals surface area contributed by atoms with Crippen molar-refractivity contribution >= 4 is 33.5 Å². The predicted octanol–water partition coefficient (Wildman–Crippen LogP) is 5.61. The van der Waals surface area contributed by atoms with E-state index >= 15 is 0 Å². The third-order valence-electron chi connectivity index (χ3n) is 4.87. The third kappa shape index (κ3) is 3.26. The van der Waals surface area contributed by atoms with Crippen LogP contribution in [-0.4, -0.2) is 12.0 Å². The highest BCUT2D eigenvalue weighted by molar-refractivity contribution is 6.06. The minimum absolute atomic E-state index is 0.202. The largest absolute Gasteiger partial charge is 0.481 e. The summed E-state index contributed by atoms with van der Waals surface area (Å²) in [4.78, 5) is 12.6. The Balaban J connectivity index is 1.53. The van der Waals surface area contributed by atoms with Crippen molar-refractivity contribution in [2.45, 2.75) is 26.9 Å². The van der Waals surface area contributed by atoms with E-state index in [2.05, 4.69) is 5.32 Å². The van der Waals surface area contributed by atoms with Crippen LogP contribution < -0.4 is 10.1 Å². The maximum atomic E-state index is 12.6. The molecule has 0 bridgehead atoms. The molecule has 0 aliphatic heterocycles. The van der Waals surface area contributed by atoms with Gasteiger partial charge in [0.25, 0.3) is 5.91 Å². The molecule has 0 saturated heterocycles. The molecular formula is C23H21NO3. The lowest BCUT2D eigenvalue weighted by Gasteiger charge is -2.17. The molecule has 4 rings (SSSR count). The molecule has 0 saturated carbocycles. The number of ether oxygens (including phenoxy) is 1. The molecule has 136 valence electrons. The van der Waals surface area contributed by atoms with Crippen LogP contribution in [0, 0.1) is 13.8 Å². The van der Waals surface area contributed by atoms with Crippen molar-refractivity contribution in [3.05, 3.63) is 71.8 Å². The first-order chi connectivity index (χ1) is 13.0. The second kappa shape index (κ2) is 6.80. The molecule has 4 nitrogen and oxygen atoms in total. The number of aryl methyl sites for hydroxylation is 1. The summed E-state index contributed by atoms with van der Waals surface area (Å²) in [5.74, 6) is 0.525. The van der Waals surface area contributed by atoms with Crippen LogP contribution in [0.4, 0.5) is 5.69 Å². The topological polar surface area (TPSA) is 51.5 Å². The van der Waals surface area contributed by atoms with Gasteiger partial charge in [0.1, 0.15) is 16.9 Å². The van der Waals surface area contributed by atoms with Crippen LogP contribution in [0.15, 0.2) is 65.1 Å². The van der Waals surface area contributed by atoms with Gasteiger partial charge in [-0.3, -0.25) is 4.79 Å². The first kappa shape index (κ1) is 17.2. The Morgan fingerprint density at radius 3 is 2.59 bits per heavy atom. The van der Waals surface area contributed by atoms with E-state index in [0.717, 1.165) is 38.8 Å². The van der Waals surface area contributed by atoms with Gasteiger partial charge in [0.15, 0.2) is 6.10 Å². The second-order valence-electron chi connectivity index (χ2n) is 6.76. The van der Waals surface area contributed by atoms with Crippen molar-refractivity contribution in [2.75, 3.05) is 5.32 Å². The summed E-state index contributed by atoms with van der Waals surface area (Å²) in [6, 6.07) is 19.4. The van der Waals surface area contributed by atoms with Crippen LogP contribution in [0.25, 0.3) is 21.9 Å². The molecule has 1 atom stereocenters. The van der Waals surface area contributed by atoms with E-state index in [-0.39, 0.29) is 5.91 Å². The summed E-state index contributed by atoms with van der Waals surface area (Å²) in [6.45, 7) is 5.76. The summed E-state index contributed by atoms with van der Waals surface area (Å²) >= 11 is 0. The molecule has 3 aromatic carbocycles. The molecule has 4 aromatic rings. The summed E-state index contributed by atoms with van der Waals surface area (Å²) < 4.78 is 11.7. The first-order valence-corrected chi connectivity index (χ1v) is 8.98. The Labute approximate surface area is 157 Å². The van der Waals surface area contributed by atoms with Crippen molar-refractivity contribution in [1.82, 2.24) is 0 Å². The van der Waals surface area contributed by atoms with Crippen molar-refractivity contribution in [3.8, 4) is 5.75 Å². The van der Waals surface area contributed by atoms with Crippen molar-refractivity contribution in [1.29, 1.82) is 0 Å². The lowest BCUT2D eigenvalue weighted by Crippen LogP contribution is -2.30. The van der Waals surface area contributed by atoms with Gasteiger partial charge in [-0.1, -0.05) is 30.3 Å².